The molecule has 1 N–H and O–H groups in total. The van der Waals surface area contributed by atoms with Crippen molar-refractivity contribution in [3.05, 3.63) is 52.9 Å². The van der Waals surface area contributed by atoms with E-state index in [1.165, 1.54) is 5.69 Å². The number of aryl methyl sites for hydroxylation is 1. The first-order valence-electron chi connectivity index (χ1n) is 9.45. The van der Waals surface area contributed by atoms with E-state index in [0.717, 1.165) is 55.3 Å². The summed E-state index contributed by atoms with van der Waals surface area (Å²) in [5, 5.41) is 8.92. The molecule has 0 radical (unpaired) electrons. The number of benzene rings is 1. The number of fused-ring (bicyclic) bond motifs is 1. The van der Waals surface area contributed by atoms with Crippen LogP contribution in [0.15, 0.2) is 36.7 Å². The van der Waals surface area contributed by atoms with E-state index in [-0.39, 0.29) is 24.8 Å². The maximum Gasteiger partial charge on any atom is 0.160 e. The number of imidazole rings is 1. The summed E-state index contributed by atoms with van der Waals surface area (Å²) < 4.78 is 10.1. The molecule has 3 aromatic rings. The summed E-state index contributed by atoms with van der Waals surface area (Å²) in [6.45, 7) is 6.23. The van der Waals surface area contributed by atoms with Gasteiger partial charge in [0.2, 0.25) is 0 Å². The molecule has 9 heteroatoms. The number of ether oxygens (including phenoxy) is 1. The molecule has 3 heterocycles. The third-order valence-electron chi connectivity index (χ3n) is 4.66. The molecule has 0 unspecified atom stereocenters. The van der Waals surface area contributed by atoms with Gasteiger partial charge in [-0.05, 0) is 43.7 Å². The lowest BCUT2D eigenvalue weighted by Gasteiger charge is -2.13. The average Bonchev–Trinajstić information content (AvgIpc) is 3.22. The molecule has 0 fully saturated rings. The van der Waals surface area contributed by atoms with Crippen molar-refractivity contribution in [1.29, 1.82) is 0 Å². The van der Waals surface area contributed by atoms with Gasteiger partial charge in [0.1, 0.15) is 11.4 Å². The summed E-state index contributed by atoms with van der Waals surface area (Å²) in [6.07, 6.45) is 5.84. The Morgan fingerprint density at radius 3 is 2.93 bits per heavy atom. The Morgan fingerprint density at radius 1 is 1.24 bits per heavy atom. The molecule has 0 saturated carbocycles. The molecule has 0 aliphatic carbocycles. The topological polar surface area (TPSA) is 56.9 Å². The molecule has 1 aliphatic rings. The molecule has 0 saturated heterocycles. The highest BCUT2D eigenvalue weighted by molar-refractivity contribution is 6.30. The normalized spacial score (nSPS) is 13.0. The molecule has 29 heavy (non-hydrogen) atoms. The van der Waals surface area contributed by atoms with Crippen molar-refractivity contribution in [3.63, 3.8) is 0 Å². The Labute approximate surface area is 188 Å². The van der Waals surface area contributed by atoms with Crippen LogP contribution in [0, 0.1) is 0 Å². The van der Waals surface area contributed by atoms with Crippen molar-refractivity contribution in [2.24, 2.45) is 0 Å². The van der Waals surface area contributed by atoms with Gasteiger partial charge in [-0.3, -0.25) is 4.68 Å². The molecular weight excluding hydrogens is 433 g/mol. The van der Waals surface area contributed by atoms with Crippen molar-refractivity contribution < 1.29 is 4.74 Å². The molecule has 0 amide bonds. The highest BCUT2D eigenvalue weighted by Gasteiger charge is 2.16. The third kappa shape index (κ3) is 5.45. The molecule has 1 aromatic carbocycles. The summed E-state index contributed by atoms with van der Waals surface area (Å²) in [6, 6.07) is 7.89. The van der Waals surface area contributed by atoms with Crippen LogP contribution >= 0.6 is 36.4 Å². The fraction of sp³-hybridized carbons (Fsp3) is 0.400. The Hall–Kier alpha value is -1.73. The smallest absolute Gasteiger partial charge is 0.160 e. The molecule has 4 rings (SSSR count). The van der Waals surface area contributed by atoms with Gasteiger partial charge in [-0.2, -0.15) is 5.10 Å². The molecule has 2 aromatic heterocycles. The first-order chi connectivity index (χ1) is 13.2. The summed E-state index contributed by atoms with van der Waals surface area (Å²) in [5.74, 6) is 1.72. The van der Waals surface area contributed by atoms with Gasteiger partial charge in [0.15, 0.2) is 5.82 Å². The van der Waals surface area contributed by atoms with Crippen molar-refractivity contribution in [3.8, 4) is 17.3 Å². The van der Waals surface area contributed by atoms with E-state index in [4.69, 9.17) is 21.4 Å². The van der Waals surface area contributed by atoms with Gasteiger partial charge >= 0.3 is 0 Å². The van der Waals surface area contributed by atoms with Crippen LogP contribution in [0.3, 0.4) is 0 Å². The molecule has 0 spiro atoms. The van der Waals surface area contributed by atoms with Crippen molar-refractivity contribution >= 4 is 36.4 Å². The highest BCUT2D eigenvalue weighted by Crippen LogP contribution is 2.26. The van der Waals surface area contributed by atoms with Gasteiger partial charge in [0, 0.05) is 36.1 Å². The van der Waals surface area contributed by atoms with E-state index in [9.17, 15) is 0 Å². The predicted octanol–water partition coefficient (Wildman–Crippen LogP) is 4.57. The predicted molar refractivity (Wildman–Crippen MR) is 121 cm³/mol. The first kappa shape index (κ1) is 23.5. The highest BCUT2D eigenvalue weighted by atomic mass is 35.5. The Kier molecular flexibility index (Phi) is 8.83. The van der Waals surface area contributed by atoms with E-state index in [1.54, 1.807) is 0 Å². The number of halogens is 3. The monoisotopic (exact) mass is 457 g/mol. The zero-order chi connectivity index (χ0) is 18.6. The second-order valence-electron chi connectivity index (χ2n) is 6.75. The van der Waals surface area contributed by atoms with E-state index < -0.39 is 0 Å². The quantitative estimate of drug-likeness (QED) is 0.588. The number of nitrogens with one attached hydrogen (secondary N) is 1. The Morgan fingerprint density at radius 2 is 2.10 bits per heavy atom. The molecule has 158 valence electrons. The van der Waals surface area contributed by atoms with Crippen LogP contribution < -0.4 is 10.1 Å². The summed E-state index contributed by atoms with van der Waals surface area (Å²) in [5.41, 5.74) is 3.14. The van der Waals surface area contributed by atoms with Gasteiger partial charge in [-0.1, -0.05) is 18.5 Å². The zero-order valence-corrected chi connectivity index (χ0v) is 18.7. The second kappa shape index (κ2) is 10.9. The lowest BCUT2D eigenvalue weighted by atomic mass is 10.2. The largest absolute Gasteiger partial charge is 0.493 e. The molecular formula is C20H26Cl3N5O. The van der Waals surface area contributed by atoms with Crippen LogP contribution in [-0.2, 0) is 19.6 Å². The van der Waals surface area contributed by atoms with Crippen molar-refractivity contribution in [2.75, 3.05) is 13.2 Å². The number of rotatable bonds is 6. The van der Waals surface area contributed by atoms with Crippen LogP contribution in [0.5, 0.6) is 5.75 Å². The van der Waals surface area contributed by atoms with Gasteiger partial charge in [0.25, 0.3) is 0 Å². The summed E-state index contributed by atoms with van der Waals surface area (Å²) in [4.78, 5) is 4.56. The molecule has 0 atom stereocenters. The summed E-state index contributed by atoms with van der Waals surface area (Å²) in [7, 11) is 0. The van der Waals surface area contributed by atoms with E-state index >= 15 is 0 Å². The maximum atomic E-state index is 6.23. The number of nitrogens with zero attached hydrogens (tertiary/aromatic N) is 4. The minimum atomic E-state index is 0. The first-order valence-corrected chi connectivity index (χ1v) is 9.82. The van der Waals surface area contributed by atoms with Crippen LogP contribution in [0.25, 0.3) is 11.5 Å². The van der Waals surface area contributed by atoms with Crippen molar-refractivity contribution in [1.82, 2.24) is 24.6 Å². The van der Waals surface area contributed by atoms with Gasteiger partial charge in [-0.15, -0.1) is 24.8 Å². The fourth-order valence-electron chi connectivity index (χ4n) is 3.35. The van der Waals surface area contributed by atoms with Crippen LogP contribution in [0.1, 0.15) is 31.0 Å². The Bertz CT molecular complexity index is 901. The number of hydrogen-bond acceptors (Lipinski definition) is 4. The van der Waals surface area contributed by atoms with Gasteiger partial charge < -0.3 is 14.6 Å². The van der Waals surface area contributed by atoms with Crippen LogP contribution in [-0.4, -0.2) is 32.5 Å². The minimum Gasteiger partial charge on any atom is -0.493 e. The van der Waals surface area contributed by atoms with Crippen LogP contribution in [0.4, 0.5) is 0 Å². The SMILES string of the molecule is CCCOc1ccc(Cl)cc1Cn1ccnc1-c1cc2n(n1)CCCNC2.Cl.Cl. The molecule has 6 nitrogen and oxygen atoms in total. The second-order valence-corrected chi connectivity index (χ2v) is 7.19. The fourth-order valence-corrected chi connectivity index (χ4v) is 3.54. The van der Waals surface area contributed by atoms with Crippen LogP contribution in [0.2, 0.25) is 5.02 Å². The van der Waals surface area contributed by atoms with Gasteiger partial charge in [0.05, 0.1) is 18.8 Å². The molecule has 0 bridgehead atoms. The zero-order valence-electron chi connectivity index (χ0n) is 16.3. The average molecular weight is 459 g/mol. The number of hydrogen-bond donors (Lipinski definition) is 1. The van der Waals surface area contributed by atoms with Gasteiger partial charge in [-0.25, -0.2) is 4.98 Å². The molecule has 1 aliphatic heterocycles. The maximum absolute atomic E-state index is 6.23. The third-order valence-corrected chi connectivity index (χ3v) is 4.90. The van der Waals surface area contributed by atoms with E-state index in [2.05, 4.69) is 32.5 Å². The summed E-state index contributed by atoms with van der Waals surface area (Å²) >= 11 is 6.23. The van der Waals surface area contributed by atoms with E-state index in [1.807, 2.05) is 30.6 Å². The lowest BCUT2D eigenvalue weighted by molar-refractivity contribution is 0.313. The minimum absolute atomic E-state index is 0. The van der Waals surface area contributed by atoms with E-state index in [0.29, 0.717) is 18.2 Å². The standard InChI is InChI=1S/C20H24ClN5O.2ClH/c1-2-10-27-19-5-4-16(21)11-15(19)14-25-9-7-23-20(25)18-12-17-13-22-6-3-8-26(17)24-18;;/h4-5,7,9,11-12,22H,2-3,6,8,10,13-14H2,1H3;2*1H. The lowest BCUT2D eigenvalue weighted by Crippen LogP contribution is -2.11. The van der Waals surface area contributed by atoms with Crippen molar-refractivity contribution in [2.45, 2.75) is 39.4 Å². The number of aromatic nitrogens is 4. The Balaban J connectivity index is 0.00000150.